The van der Waals surface area contributed by atoms with E-state index >= 15 is 0 Å². The van der Waals surface area contributed by atoms with Gasteiger partial charge in [0.25, 0.3) is 0 Å². The Balaban J connectivity index is 1.57. The van der Waals surface area contributed by atoms with Gasteiger partial charge in [-0.05, 0) is 19.1 Å². The lowest BCUT2D eigenvalue weighted by Gasteiger charge is -2.24. The highest BCUT2D eigenvalue weighted by atomic mass is 32.2. The highest BCUT2D eigenvalue weighted by Crippen LogP contribution is 2.28. The SMILES string of the molecule is Cc1ccc(-c2cnc(CCC(=O)NC3(C(=O)O)CCSC3)o2)cc1. The van der Waals surface area contributed by atoms with Crippen molar-refractivity contribution in [3.05, 3.63) is 41.9 Å². The van der Waals surface area contributed by atoms with E-state index in [1.807, 2.05) is 31.2 Å². The van der Waals surface area contributed by atoms with Crippen molar-refractivity contribution >= 4 is 23.6 Å². The number of rotatable bonds is 6. The first-order valence-corrected chi connectivity index (χ1v) is 9.28. The number of aromatic nitrogens is 1. The number of aliphatic carboxylic acids is 1. The molecule has 1 saturated heterocycles. The number of carbonyl (C=O) groups excluding carboxylic acids is 1. The maximum Gasteiger partial charge on any atom is 0.330 e. The molecule has 0 spiro atoms. The highest BCUT2D eigenvalue weighted by Gasteiger charge is 2.43. The predicted molar refractivity (Wildman–Crippen MR) is 95.4 cm³/mol. The summed E-state index contributed by atoms with van der Waals surface area (Å²) in [6.45, 7) is 2.01. The number of oxazole rings is 1. The molecule has 2 heterocycles. The number of nitrogens with one attached hydrogen (secondary N) is 1. The number of amides is 1. The van der Waals surface area contributed by atoms with Crippen molar-refractivity contribution in [2.45, 2.75) is 31.7 Å². The number of carboxylic acids is 1. The van der Waals surface area contributed by atoms with Crippen molar-refractivity contribution in [3.8, 4) is 11.3 Å². The van der Waals surface area contributed by atoms with Crippen LogP contribution < -0.4 is 5.32 Å². The molecule has 1 fully saturated rings. The maximum atomic E-state index is 12.1. The Kier molecular flexibility index (Phi) is 5.13. The molecule has 1 unspecified atom stereocenters. The van der Waals surface area contributed by atoms with Gasteiger partial charge in [-0.3, -0.25) is 4.79 Å². The fraction of sp³-hybridized carbons (Fsp3) is 0.389. The molecule has 7 heteroatoms. The van der Waals surface area contributed by atoms with E-state index in [0.717, 1.165) is 16.9 Å². The number of hydrogen-bond donors (Lipinski definition) is 2. The summed E-state index contributed by atoms with van der Waals surface area (Å²) in [5.41, 5.74) is 0.963. The fourth-order valence-corrected chi connectivity index (χ4v) is 4.04. The van der Waals surface area contributed by atoms with Gasteiger partial charge in [0.05, 0.1) is 6.20 Å². The smallest absolute Gasteiger partial charge is 0.330 e. The Hall–Kier alpha value is -2.28. The van der Waals surface area contributed by atoms with Crippen molar-refractivity contribution in [2.24, 2.45) is 0 Å². The average molecular weight is 360 g/mol. The fourth-order valence-electron chi connectivity index (χ4n) is 2.71. The third-order valence-corrected chi connectivity index (χ3v) is 5.46. The summed E-state index contributed by atoms with van der Waals surface area (Å²) < 4.78 is 5.69. The number of aryl methyl sites for hydroxylation is 2. The zero-order valence-electron chi connectivity index (χ0n) is 13.9. The van der Waals surface area contributed by atoms with E-state index in [1.54, 1.807) is 18.0 Å². The molecule has 1 amide bonds. The van der Waals surface area contributed by atoms with E-state index in [1.165, 1.54) is 0 Å². The minimum absolute atomic E-state index is 0.146. The first-order chi connectivity index (χ1) is 12.0. The molecule has 1 atom stereocenters. The summed E-state index contributed by atoms with van der Waals surface area (Å²) in [6.07, 6.45) is 2.58. The van der Waals surface area contributed by atoms with Crippen LogP contribution in [0.3, 0.4) is 0 Å². The minimum Gasteiger partial charge on any atom is -0.479 e. The molecule has 0 bridgehead atoms. The van der Waals surface area contributed by atoms with Crippen molar-refractivity contribution in [2.75, 3.05) is 11.5 Å². The summed E-state index contributed by atoms with van der Waals surface area (Å²) in [7, 11) is 0. The first-order valence-electron chi connectivity index (χ1n) is 8.12. The molecule has 1 aliphatic heterocycles. The average Bonchev–Trinajstić information content (AvgIpc) is 3.24. The number of carboxylic acid groups (broad SMARTS) is 1. The summed E-state index contributed by atoms with van der Waals surface area (Å²) in [5, 5.41) is 12.1. The van der Waals surface area contributed by atoms with E-state index in [0.29, 0.717) is 30.2 Å². The van der Waals surface area contributed by atoms with Crippen LogP contribution in [0.15, 0.2) is 34.9 Å². The lowest BCUT2D eigenvalue weighted by Crippen LogP contribution is -2.54. The molecule has 25 heavy (non-hydrogen) atoms. The highest BCUT2D eigenvalue weighted by molar-refractivity contribution is 7.99. The number of carbonyl (C=O) groups is 2. The van der Waals surface area contributed by atoms with Crippen LogP contribution in [0.1, 0.15) is 24.3 Å². The van der Waals surface area contributed by atoms with Gasteiger partial charge in [-0.25, -0.2) is 9.78 Å². The Morgan fingerprint density at radius 2 is 2.12 bits per heavy atom. The van der Waals surface area contributed by atoms with Gasteiger partial charge in [0.2, 0.25) is 5.91 Å². The van der Waals surface area contributed by atoms with Gasteiger partial charge in [-0.2, -0.15) is 11.8 Å². The number of nitrogens with zero attached hydrogens (tertiary/aromatic N) is 1. The molecule has 0 aliphatic carbocycles. The quantitative estimate of drug-likeness (QED) is 0.823. The largest absolute Gasteiger partial charge is 0.479 e. The van der Waals surface area contributed by atoms with Gasteiger partial charge in [0, 0.05) is 24.2 Å². The van der Waals surface area contributed by atoms with Crippen LogP contribution in [-0.4, -0.2) is 39.0 Å². The number of thioether (sulfide) groups is 1. The molecule has 0 radical (unpaired) electrons. The summed E-state index contributed by atoms with van der Waals surface area (Å²) in [6, 6.07) is 7.91. The van der Waals surface area contributed by atoms with Crippen molar-refractivity contribution in [1.29, 1.82) is 0 Å². The van der Waals surface area contributed by atoms with Crippen LogP contribution in [0, 0.1) is 6.92 Å². The van der Waals surface area contributed by atoms with Gasteiger partial charge in [0.1, 0.15) is 5.54 Å². The van der Waals surface area contributed by atoms with Crippen LogP contribution in [-0.2, 0) is 16.0 Å². The Morgan fingerprint density at radius 1 is 1.36 bits per heavy atom. The van der Waals surface area contributed by atoms with Gasteiger partial charge < -0.3 is 14.8 Å². The minimum atomic E-state index is -1.13. The van der Waals surface area contributed by atoms with Crippen LogP contribution in [0.2, 0.25) is 0 Å². The molecule has 132 valence electrons. The summed E-state index contributed by atoms with van der Waals surface area (Å²) in [5.74, 6) is 1.01. The molecule has 2 aromatic rings. The third-order valence-electron chi connectivity index (χ3n) is 4.27. The molecule has 1 aliphatic rings. The topological polar surface area (TPSA) is 92.4 Å². The zero-order chi connectivity index (χ0) is 17.9. The molecule has 1 aromatic heterocycles. The molecular formula is C18H20N2O4S. The second kappa shape index (κ2) is 7.31. The second-order valence-corrected chi connectivity index (χ2v) is 7.33. The van der Waals surface area contributed by atoms with Gasteiger partial charge >= 0.3 is 5.97 Å². The molecule has 1 aromatic carbocycles. The molecular weight excluding hydrogens is 340 g/mol. The Labute approximate surface area is 150 Å². The van der Waals surface area contributed by atoms with Crippen LogP contribution >= 0.6 is 11.8 Å². The second-order valence-electron chi connectivity index (χ2n) is 6.22. The first kappa shape index (κ1) is 17.5. The predicted octanol–water partition coefficient (Wildman–Crippen LogP) is 2.66. The van der Waals surface area contributed by atoms with Crippen LogP contribution in [0.25, 0.3) is 11.3 Å². The van der Waals surface area contributed by atoms with Crippen LogP contribution in [0.4, 0.5) is 0 Å². The van der Waals surface area contributed by atoms with E-state index in [2.05, 4.69) is 10.3 Å². The monoisotopic (exact) mass is 360 g/mol. The van der Waals surface area contributed by atoms with E-state index in [4.69, 9.17) is 4.42 Å². The normalized spacial score (nSPS) is 19.7. The van der Waals surface area contributed by atoms with E-state index < -0.39 is 11.5 Å². The molecule has 0 saturated carbocycles. The molecule has 6 nitrogen and oxygen atoms in total. The number of hydrogen-bond acceptors (Lipinski definition) is 5. The van der Waals surface area contributed by atoms with Gasteiger partial charge in [-0.15, -0.1) is 0 Å². The summed E-state index contributed by atoms with van der Waals surface area (Å²) >= 11 is 1.54. The van der Waals surface area contributed by atoms with Crippen molar-refractivity contribution in [1.82, 2.24) is 10.3 Å². The maximum absolute atomic E-state index is 12.1. The van der Waals surface area contributed by atoms with Crippen LogP contribution in [0.5, 0.6) is 0 Å². The van der Waals surface area contributed by atoms with Crippen molar-refractivity contribution in [3.63, 3.8) is 0 Å². The standard InChI is InChI=1S/C18H20N2O4S/c1-12-2-4-13(5-3-12)14-10-19-16(24-14)7-6-15(21)20-18(17(22)23)8-9-25-11-18/h2-5,10H,6-9,11H2,1H3,(H,20,21)(H,22,23). The number of benzene rings is 1. The molecule has 3 rings (SSSR count). The van der Waals surface area contributed by atoms with Crippen molar-refractivity contribution < 1.29 is 19.1 Å². The Morgan fingerprint density at radius 3 is 2.76 bits per heavy atom. The van der Waals surface area contributed by atoms with E-state index in [9.17, 15) is 14.7 Å². The lowest BCUT2D eigenvalue weighted by molar-refractivity contribution is -0.146. The van der Waals surface area contributed by atoms with E-state index in [-0.39, 0.29) is 12.3 Å². The Bertz CT molecular complexity index is 764. The zero-order valence-corrected chi connectivity index (χ0v) is 14.8. The van der Waals surface area contributed by atoms with Gasteiger partial charge in [-0.1, -0.05) is 29.8 Å². The summed E-state index contributed by atoms with van der Waals surface area (Å²) in [4.78, 5) is 27.8. The third kappa shape index (κ3) is 4.04. The lowest BCUT2D eigenvalue weighted by atomic mass is 9.99. The van der Waals surface area contributed by atoms with Gasteiger partial charge in [0.15, 0.2) is 11.7 Å². The molecule has 2 N–H and O–H groups in total.